The Kier molecular flexibility index (Phi) is 2.77. The number of allylic oxidation sites excluding steroid dienone is 2. The Morgan fingerprint density at radius 3 is 2.25 bits per heavy atom. The van der Waals surface area contributed by atoms with Crippen molar-refractivity contribution in [3.8, 4) is 0 Å². The number of aliphatic hydroxyl groups is 1. The molecule has 0 saturated heterocycles. The Labute approximate surface area is 49.1 Å². The second-order valence-corrected chi connectivity index (χ2v) is 1.36. The van der Waals surface area contributed by atoms with Crippen LogP contribution >= 0.6 is 0 Å². The zero-order chi connectivity index (χ0) is 6.57. The lowest BCUT2D eigenvalue weighted by molar-refractivity contribution is 0.269. The van der Waals surface area contributed by atoms with Crippen LogP contribution in [0.25, 0.3) is 0 Å². The van der Waals surface area contributed by atoms with Gasteiger partial charge in [-0.05, 0) is 13.0 Å². The Morgan fingerprint density at radius 1 is 1.75 bits per heavy atom. The smallest absolute Gasteiger partial charge is 0.155 e. The molecule has 0 fully saturated rings. The van der Waals surface area contributed by atoms with Crippen LogP contribution in [0, 0.1) is 0 Å². The molecule has 0 unspecified atom stereocenters. The van der Waals surface area contributed by atoms with Gasteiger partial charge in [0, 0.05) is 0 Å². The van der Waals surface area contributed by atoms with Crippen molar-refractivity contribution in [3.05, 3.63) is 24.2 Å². The van der Waals surface area contributed by atoms with Crippen molar-refractivity contribution < 1.29 is 9.84 Å². The number of ether oxygens (including phenoxy) is 1. The van der Waals surface area contributed by atoms with Crippen molar-refractivity contribution in [2.75, 3.05) is 7.11 Å². The molecular weight excluding hydrogens is 104 g/mol. The van der Waals surface area contributed by atoms with Gasteiger partial charge in [-0.2, -0.15) is 0 Å². The third-order valence-corrected chi connectivity index (χ3v) is 0.762. The quantitative estimate of drug-likeness (QED) is 0.436. The van der Waals surface area contributed by atoms with E-state index in [2.05, 4.69) is 11.3 Å². The van der Waals surface area contributed by atoms with Gasteiger partial charge in [0.05, 0.1) is 7.11 Å². The van der Waals surface area contributed by atoms with E-state index < -0.39 is 0 Å². The Hall–Kier alpha value is -0.920. The van der Waals surface area contributed by atoms with Crippen LogP contribution in [0.1, 0.15) is 6.92 Å². The first kappa shape index (κ1) is 7.08. The molecule has 0 aliphatic heterocycles. The molecule has 1 N–H and O–H groups in total. The van der Waals surface area contributed by atoms with Crippen LogP contribution in [0.5, 0.6) is 0 Å². The van der Waals surface area contributed by atoms with E-state index in [0.29, 0.717) is 5.76 Å². The summed E-state index contributed by atoms with van der Waals surface area (Å²) in [6, 6.07) is 0. The monoisotopic (exact) mass is 114 g/mol. The van der Waals surface area contributed by atoms with Gasteiger partial charge in [-0.15, -0.1) is 0 Å². The highest BCUT2D eigenvalue weighted by molar-refractivity contribution is 5.10. The van der Waals surface area contributed by atoms with E-state index in [4.69, 9.17) is 5.11 Å². The number of aliphatic hydroxyl groups excluding tert-OH is 1. The van der Waals surface area contributed by atoms with E-state index in [1.807, 2.05) is 0 Å². The maximum Gasteiger partial charge on any atom is 0.155 e. The molecule has 8 heavy (non-hydrogen) atoms. The van der Waals surface area contributed by atoms with E-state index in [9.17, 15) is 0 Å². The lowest BCUT2D eigenvalue weighted by Crippen LogP contribution is -1.85. The lowest BCUT2D eigenvalue weighted by Gasteiger charge is -1.98. The third-order valence-electron chi connectivity index (χ3n) is 0.762. The van der Waals surface area contributed by atoms with Gasteiger partial charge in [-0.1, -0.05) is 6.58 Å². The second-order valence-electron chi connectivity index (χ2n) is 1.36. The van der Waals surface area contributed by atoms with Crippen LogP contribution in [0.4, 0.5) is 0 Å². The van der Waals surface area contributed by atoms with Gasteiger partial charge in [0.25, 0.3) is 0 Å². The van der Waals surface area contributed by atoms with Crippen molar-refractivity contribution in [1.29, 1.82) is 0 Å². The zero-order valence-corrected chi connectivity index (χ0v) is 5.14. The average Bonchev–Trinajstić information content (AvgIpc) is 1.69. The molecule has 0 radical (unpaired) electrons. The van der Waals surface area contributed by atoms with Crippen molar-refractivity contribution in [2.24, 2.45) is 0 Å². The fourth-order valence-electron chi connectivity index (χ4n) is 0.379. The van der Waals surface area contributed by atoms with Crippen LogP contribution in [0.3, 0.4) is 0 Å². The Bertz CT molecular complexity index is 110. The maximum atomic E-state index is 8.70. The molecule has 0 aromatic rings. The van der Waals surface area contributed by atoms with Crippen LogP contribution in [-0.2, 0) is 4.74 Å². The lowest BCUT2D eigenvalue weighted by atomic mass is 10.4. The average molecular weight is 114 g/mol. The van der Waals surface area contributed by atoms with Gasteiger partial charge in [0.15, 0.2) is 5.76 Å². The maximum absolute atomic E-state index is 8.70. The summed E-state index contributed by atoms with van der Waals surface area (Å²) in [6.07, 6.45) is 1.45. The summed E-state index contributed by atoms with van der Waals surface area (Å²) >= 11 is 0. The van der Waals surface area contributed by atoms with Crippen LogP contribution in [0.15, 0.2) is 24.2 Å². The number of hydrogen-bond acceptors (Lipinski definition) is 2. The summed E-state index contributed by atoms with van der Waals surface area (Å²) in [4.78, 5) is 0. The predicted octanol–water partition coefficient (Wildman–Crippen LogP) is 1.61. The van der Waals surface area contributed by atoms with Crippen molar-refractivity contribution in [2.45, 2.75) is 6.92 Å². The summed E-state index contributed by atoms with van der Waals surface area (Å²) in [6.45, 7) is 4.95. The molecule has 2 heteroatoms. The van der Waals surface area contributed by atoms with E-state index >= 15 is 0 Å². The molecule has 0 aromatic carbocycles. The highest BCUT2D eigenvalue weighted by Gasteiger charge is 1.90. The zero-order valence-electron chi connectivity index (χ0n) is 5.14. The molecular formula is C6H10O2. The van der Waals surface area contributed by atoms with Gasteiger partial charge < -0.3 is 9.84 Å². The standard InChI is InChI=1S/C6H10O2/c1-4-6(8-3)5(2)7/h4,7H,1H2,2-3H3/b6-5-. The molecule has 0 bridgehead atoms. The van der Waals surface area contributed by atoms with Gasteiger partial charge in [-0.3, -0.25) is 0 Å². The molecule has 0 aliphatic rings. The Morgan fingerprint density at radius 2 is 2.25 bits per heavy atom. The minimum Gasteiger partial charge on any atom is -0.509 e. The minimum absolute atomic E-state index is 0.155. The first-order valence-electron chi connectivity index (χ1n) is 2.28. The molecule has 2 nitrogen and oxygen atoms in total. The second kappa shape index (κ2) is 3.13. The fourth-order valence-corrected chi connectivity index (χ4v) is 0.379. The molecule has 46 valence electrons. The summed E-state index contributed by atoms with van der Waals surface area (Å²) < 4.78 is 4.67. The van der Waals surface area contributed by atoms with Crippen molar-refractivity contribution in [1.82, 2.24) is 0 Å². The Balaban J connectivity index is 4.07. The molecule has 0 saturated carbocycles. The number of rotatable bonds is 2. The summed E-state index contributed by atoms with van der Waals surface area (Å²) in [5.74, 6) is 0.576. The van der Waals surface area contributed by atoms with Crippen molar-refractivity contribution >= 4 is 0 Å². The molecule has 0 rings (SSSR count). The van der Waals surface area contributed by atoms with E-state index in [1.165, 1.54) is 13.2 Å². The molecule has 0 heterocycles. The first-order valence-corrected chi connectivity index (χ1v) is 2.28. The molecule has 0 atom stereocenters. The predicted molar refractivity (Wildman–Crippen MR) is 32.5 cm³/mol. The minimum atomic E-state index is 0.155. The molecule has 0 amide bonds. The van der Waals surface area contributed by atoms with Crippen LogP contribution < -0.4 is 0 Å². The summed E-state index contributed by atoms with van der Waals surface area (Å²) in [5, 5.41) is 8.70. The van der Waals surface area contributed by atoms with Gasteiger partial charge in [0.1, 0.15) is 5.76 Å². The molecule has 0 aliphatic carbocycles. The normalized spacial score (nSPS) is 12.2. The first-order chi connectivity index (χ1) is 3.72. The van der Waals surface area contributed by atoms with Crippen molar-refractivity contribution in [3.63, 3.8) is 0 Å². The van der Waals surface area contributed by atoms with Gasteiger partial charge in [0.2, 0.25) is 0 Å². The SMILES string of the molecule is C=C/C(OC)=C(\C)O. The van der Waals surface area contributed by atoms with Gasteiger partial charge >= 0.3 is 0 Å². The van der Waals surface area contributed by atoms with E-state index in [0.717, 1.165) is 0 Å². The summed E-state index contributed by atoms with van der Waals surface area (Å²) in [7, 11) is 1.48. The number of hydrogen-bond donors (Lipinski definition) is 1. The number of methoxy groups -OCH3 is 1. The third kappa shape index (κ3) is 1.69. The fraction of sp³-hybridized carbons (Fsp3) is 0.333. The topological polar surface area (TPSA) is 29.5 Å². The van der Waals surface area contributed by atoms with E-state index in [1.54, 1.807) is 6.92 Å². The largest absolute Gasteiger partial charge is 0.509 e. The highest BCUT2D eigenvalue weighted by atomic mass is 16.5. The van der Waals surface area contributed by atoms with Crippen LogP contribution in [-0.4, -0.2) is 12.2 Å². The van der Waals surface area contributed by atoms with Gasteiger partial charge in [-0.25, -0.2) is 0 Å². The van der Waals surface area contributed by atoms with E-state index in [-0.39, 0.29) is 5.76 Å². The molecule has 0 spiro atoms. The molecule has 0 aromatic heterocycles. The highest BCUT2D eigenvalue weighted by Crippen LogP contribution is 2.00. The summed E-state index contributed by atoms with van der Waals surface area (Å²) in [5.41, 5.74) is 0. The van der Waals surface area contributed by atoms with Crippen LogP contribution in [0.2, 0.25) is 0 Å².